The third-order valence-electron chi connectivity index (χ3n) is 9.16. The third-order valence-corrected chi connectivity index (χ3v) is 9.16. The summed E-state index contributed by atoms with van der Waals surface area (Å²) >= 11 is 0. The van der Waals surface area contributed by atoms with Gasteiger partial charge in [-0.05, 0) is 99.2 Å². The first-order valence-corrected chi connectivity index (χ1v) is 9.99. The maximum absolute atomic E-state index is 10.6. The van der Waals surface area contributed by atoms with E-state index in [1.807, 2.05) is 13.8 Å². The zero-order valence-electron chi connectivity index (χ0n) is 15.2. The Morgan fingerprint density at radius 2 is 1.64 bits per heavy atom. The Hall–Kier alpha value is -0.0400. The van der Waals surface area contributed by atoms with Crippen LogP contribution in [-0.2, 0) is 0 Å². The number of rotatable bonds is 1. The van der Waals surface area contributed by atoms with Crippen molar-refractivity contribution in [3.05, 3.63) is 0 Å². The molecular formula is C21H36O. The fourth-order valence-corrected chi connectivity index (χ4v) is 7.98. The lowest BCUT2D eigenvalue weighted by Gasteiger charge is -2.69. The molecular weight excluding hydrogens is 268 g/mol. The zero-order chi connectivity index (χ0) is 15.8. The maximum atomic E-state index is 10.6. The second kappa shape index (κ2) is 4.74. The van der Waals surface area contributed by atoms with Crippen LogP contribution in [0.5, 0.6) is 0 Å². The van der Waals surface area contributed by atoms with Crippen LogP contribution in [0.15, 0.2) is 0 Å². The highest BCUT2D eigenvalue weighted by atomic mass is 16.3. The summed E-state index contributed by atoms with van der Waals surface area (Å²) in [7, 11) is 0. The first kappa shape index (κ1) is 15.5. The number of hydrogen-bond acceptors (Lipinski definition) is 1. The van der Waals surface area contributed by atoms with Gasteiger partial charge in [-0.3, -0.25) is 0 Å². The van der Waals surface area contributed by atoms with Gasteiger partial charge in [0, 0.05) is 0 Å². The van der Waals surface area contributed by atoms with Crippen molar-refractivity contribution in [1.29, 1.82) is 0 Å². The van der Waals surface area contributed by atoms with Crippen LogP contribution in [0.25, 0.3) is 0 Å². The van der Waals surface area contributed by atoms with E-state index in [-0.39, 0.29) is 0 Å². The van der Waals surface area contributed by atoms with Crippen LogP contribution < -0.4 is 0 Å². The van der Waals surface area contributed by atoms with Gasteiger partial charge in [-0.25, -0.2) is 0 Å². The summed E-state index contributed by atoms with van der Waals surface area (Å²) < 4.78 is 0. The van der Waals surface area contributed by atoms with E-state index in [9.17, 15) is 5.11 Å². The molecule has 4 rings (SSSR count). The average Bonchev–Trinajstić information content (AvgIpc) is 2.41. The Labute approximate surface area is 137 Å². The van der Waals surface area contributed by atoms with Crippen LogP contribution in [0.2, 0.25) is 0 Å². The summed E-state index contributed by atoms with van der Waals surface area (Å²) in [5, 5.41) is 10.6. The zero-order valence-corrected chi connectivity index (χ0v) is 15.2. The van der Waals surface area contributed by atoms with Gasteiger partial charge in [0.1, 0.15) is 0 Å². The van der Waals surface area contributed by atoms with Crippen molar-refractivity contribution in [2.75, 3.05) is 0 Å². The summed E-state index contributed by atoms with van der Waals surface area (Å²) in [6.07, 6.45) is 13.1. The molecule has 4 aliphatic rings. The smallest absolute Gasteiger partial charge is 0.0625 e. The van der Waals surface area contributed by atoms with Gasteiger partial charge >= 0.3 is 0 Å². The molecule has 126 valence electrons. The van der Waals surface area contributed by atoms with Crippen LogP contribution in [0.4, 0.5) is 0 Å². The minimum atomic E-state index is -0.482. The van der Waals surface area contributed by atoms with E-state index in [4.69, 9.17) is 0 Å². The van der Waals surface area contributed by atoms with Crippen molar-refractivity contribution >= 4 is 0 Å². The molecule has 1 N–H and O–H groups in total. The Kier molecular flexibility index (Phi) is 3.34. The molecule has 0 amide bonds. The molecule has 0 radical (unpaired) electrons. The molecule has 4 aliphatic carbocycles. The quantitative estimate of drug-likeness (QED) is 0.686. The highest BCUT2D eigenvalue weighted by Gasteiger charge is 2.64. The first-order valence-electron chi connectivity index (χ1n) is 9.99. The molecule has 4 saturated carbocycles. The lowest BCUT2D eigenvalue weighted by atomic mass is 9.36. The molecule has 22 heavy (non-hydrogen) atoms. The molecule has 0 aromatic rings. The first-order chi connectivity index (χ1) is 10.3. The van der Waals surface area contributed by atoms with Crippen LogP contribution >= 0.6 is 0 Å². The molecule has 7 atom stereocenters. The van der Waals surface area contributed by atoms with E-state index >= 15 is 0 Å². The summed E-state index contributed by atoms with van der Waals surface area (Å²) in [6, 6.07) is 0. The number of hydrogen-bond donors (Lipinski definition) is 1. The fourth-order valence-electron chi connectivity index (χ4n) is 7.98. The monoisotopic (exact) mass is 304 g/mol. The molecule has 0 heterocycles. The molecule has 0 aliphatic heterocycles. The van der Waals surface area contributed by atoms with Crippen molar-refractivity contribution < 1.29 is 5.11 Å². The van der Waals surface area contributed by atoms with E-state index < -0.39 is 5.60 Å². The predicted octanol–water partition coefficient (Wildman–Crippen LogP) is 5.42. The van der Waals surface area contributed by atoms with Gasteiger partial charge in [0.25, 0.3) is 0 Å². The highest BCUT2D eigenvalue weighted by molar-refractivity contribution is 5.13. The minimum Gasteiger partial charge on any atom is -0.390 e. The van der Waals surface area contributed by atoms with E-state index in [1.54, 1.807) is 0 Å². The Balaban J connectivity index is 1.58. The van der Waals surface area contributed by atoms with Crippen LogP contribution in [0, 0.1) is 40.4 Å². The van der Waals surface area contributed by atoms with E-state index in [1.165, 1.54) is 57.8 Å². The van der Waals surface area contributed by atoms with E-state index in [2.05, 4.69) is 13.8 Å². The van der Waals surface area contributed by atoms with Gasteiger partial charge in [0.05, 0.1) is 5.60 Å². The normalized spacial score (nSPS) is 54.7. The van der Waals surface area contributed by atoms with Gasteiger partial charge in [0.15, 0.2) is 0 Å². The third kappa shape index (κ3) is 1.93. The summed E-state index contributed by atoms with van der Waals surface area (Å²) in [6.45, 7) is 9.26. The lowest BCUT2D eigenvalue weighted by molar-refractivity contribution is -0.222. The van der Waals surface area contributed by atoms with Crippen LogP contribution in [0.1, 0.15) is 85.5 Å². The van der Waals surface area contributed by atoms with Gasteiger partial charge in [-0.1, -0.05) is 26.7 Å². The summed E-state index contributed by atoms with van der Waals surface area (Å²) in [5.41, 5.74) is 0.601. The van der Waals surface area contributed by atoms with Crippen LogP contribution in [0.3, 0.4) is 0 Å². The Morgan fingerprint density at radius 3 is 2.36 bits per heavy atom. The molecule has 0 unspecified atom stereocenters. The maximum Gasteiger partial charge on any atom is 0.0625 e. The highest BCUT2D eigenvalue weighted by Crippen LogP contribution is 2.70. The van der Waals surface area contributed by atoms with Crippen molar-refractivity contribution in [3.8, 4) is 0 Å². The lowest BCUT2D eigenvalue weighted by Crippen LogP contribution is -2.63. The molecule has 1 nitrogen and oxygen atoms in total. The minimum absolute atomic E-state index is 0.428. The van der Waals surface area contributed by atoms with Crippen molar-refractivity contribution in [2.45, 2.75) is 91.1 Å². The second-order valence-electron chi connectivity index (χ2n) is 10.4. The summed E-state index contributed by atoms with van der Waals surface area (Å²) in [5.74, 6) is 4.42. The largest absolute Gasteiger partial charge is 0.390 e. The molecule has 0 bridgehead atoms. The van der Waals surface area contributed by atoms with Crippen molar-refractivity contribution in [2.24, 2.45) is 40.4 Å². The van der Waals surface area contributed by atoms with Crippen molar-refractivity contribution in [1.82, 2.24) is 0 Å². The Morgan fingerprint density at radius 1 is 0.864 bits per heavy atom. The molecule has 0 aromatic carbocycles. The molecule has 1 heteroatoms. The van der Waals surface area contributed by atoms with Gasteiger partial charge in [-0.2, -0.15) is 0 Å². The second-order valence-corrected chi connectivity index (χ2v) is 10.4. The summed E-state index contributed by atoms with van der Waals surface area (Å²) in [4.78, 5) is 0. The standard InChI is InChI=1S/C21H36O/c1-19(2,22)18-13-17-15-9-8-14-7-5-6-11-20(14,3)16(15)10-12-21(17,18)4/h14-18,22H,5-13H2,1-4H3/t14-,15-,16+,17+,18-,20+,21+/m1/s1. The van der Waals surface area contributed by atoms with E-state index in [0.717, 1.165) is 23.7 Å². The number of aliphatic hydroxyl groups is 1. The predicted molar refractivity (Wildman–Crippen MR) is 91.5 cm³/mol. The van der Waals surface area contributed by atoms with E-state index in [0.29, 0.717) is 16.7 Å². The molecule has 0 aromatic heterocycles. The topological polar surface area (TPSA) is 20.2 Å². The SMILES string of the molecule is CC(C)(O)[C@H]1C[C@H]2[C@@H]3CC[C@H]4CCCC[C@]4(C)[C@H]3CC[C@]12C. The van der Waals surface area contributed by atoms with Gasteiger partial charge in [0.2, 0.25) is 0 Å². The molecule has 4 fully saturated rings. The Bertz CT molecular complexity index is 449. The average molecular weight is 305 g/mol. The van der Waals surface area contributed by atoms with Crippen LogP contribution in [-0.4, -0.2) is 10.7 Å². The molecule has 0 saturated heterocycles. The molecule has 0 spiro atoms. The van der Waals surface area contributed by atoms with Gasteiger partial charge in [-0.15, -0.1) is 0 Å². The van der Waals surface area contributed by atoms with Crippen molar-refractivity contribution in [3.63, 3.8) is 0 Å². The fraction of sp³-hybridized carbons (Fsp3) is 1.00. The number of fused-ring (bicyclic) bond motifs is 5. The van der Waals surface area contributed by atoms with Gasteiger partial charge < -0.3 is 5.11 Å².